The van der Waals surface area contributed by atoms with Crippen molar-refractivity contribution in [2.45, 2.75) is 13.0 Å². The van der Waals surface area contributed by atoms with Crippen LogP contribution in [0.1, 0.15) is 6.92 Å². The molecule has 2 aromatic rings. The van der Waals surface area contributed by atoms with Crippen LogP contribution in [0.5, 0.6) is 0 Å². The van der Waals surface area contributed by atoms with Crippen molar-refractivity contribution in [2.24, 2.45) is 0 Å². The summed E-state index contributed by atoms with van der Waals surface area (Å²) in [4.78, 5) is 0. The highest BCUT2D eigenvalue weighted by molar-refractivity contribution is 5.38. The lowest BCUT2D eigenvalue weighted by atomic mass is 10.3. The molecule has 0 aliphatic heterocycles. The molecule has 0 spiro atoms. The molecular formula is C11H15N5O. The third kappa shape index (κ3) is 2.79. The number of nitrogens with one attached hydrogen (secondary N) is 1. The lowest BCUT2D eigenvalue weighted by molar-refractivity contribution is 0.190. The van der Waals surface area contributed by atoms with E-state index in [4.69, 9.17) is 4.74 Å². The SMILES string of the molecule is COC[C@@H](C)Nc1nnnn1-c1ccccc1. The number of hydrogen-bond acceptors (Lipinski definition) is 5. The normalized spacial score (nSPS) is 12.4. The molecule has 0 saturated carbocycles. The topological polar surface area (TPSA) is 64.9 Å². The van der Waals surface area contributed by atoms with Crippen molar-refractivity contribution in [1.82, 2.24) is 20.2 Å². The molecule has 17 heavy (non-hydrogen) atoms. The minimum absolute atomic E-state index is 0.147. The van der Waals surface area contributed by atoms with E-state index >= 15 is 0 Å². The van der Waals surface area contributed by atoms with Gasteiger partial charge in [0.2, 0.25) is 5.95 Å². The first-order chi connectivity index (χ1) is 8.31. The lowest BCUT2D eigenvalue weighted by Crippen LogP contribution is -2.23. The Morgan fingerprint density at radius 1 is 1.35 bits per heavy atom. The second-order valence-electron chi connectivity index (χ2n) is 3.75. The standard InChI is InChI=1S/C11H15N5O/c1-9(8-17-2)12-11-13-14-15-16(11)10-6-4-3-5-7-10/h3-7,9H,8H2,1-2H3,(H,12,13,15)/t9-/m1/s1. The molecule has 0 bridgehead atoms. The van der Waals surface area contributed by atoms with Gasteiger partial charge < -0.3 is 10.1 Å². The minimum atomic E-state index is 0.147. The molecule has 1 N–H and O–H groups in total. The smallest absolute Gasteiger partial charge is 0.248 e. The number of rotatable bonds is 5. The van der Waals surface area contributed by atoms with Crippen LogP contribution in [0.25, 0.3) is 5.69 Å². The number of ether oxygens (including phenoxy) is 1. The number of anilines is 1. The molecule has 0 unspecified atom stereocenters. The van der Waals surface area contributed by atoms with Gasteiger partial charge in [0.1, 0.15) is 0 Å². The maximum atomic E-state index is 5.06. The van der Waals surface area contributed by atoms with Gasteiger partial charge in [0.25, 0.3) is 0 Å². The summed E-state index contributed by atoms with van der Waals surface area (Å²) in [6.45, 7) is 2.61. The molecule has 6 nitrogen and oxygen atoms in total. The Morgan fingerprint density at radius 3 is 2.82 bits per heavy atom. The van der Waals surface area contributed by atoms with E-state index in [2.05, 4.69) is 20.8 Å². The predicted molar refractivity (Wildman–Crippen MR) is 64.1 cm³/mol. The van der Waals surface area contributed by atoms with Crippen LogP contribution in [-0.2, 0) is 4.74 Å². The fraction of sp³-hybridized carbons (Fsp3) is 0.364. The number of benzene rings is 1. The van der Waals surface area contributed by atoms with Crippen LogP contribution in [0.2, 0.25) is 0 Å². The number of methoxy groups -OCH3 is 1. The van der Waals surface area contributed by atoms with Crippen molar-refractivity contribution in [2.75, 3.05) is 19.0 Å². The second-order valence-corrected chi connectivity index (χ2v) is 3.75. The Kier molecular flexibility index (Phi) is 3.66. The zero-order valence-corrected chi connectivity index (χ0v) is 9.87. The van der Waals surface area contributed by atoms with Crippen LogP contribution in [0.4, 0.5) is 5.95 Å². The molecule has 0 aliphatic rings. The number of hydrogen-bond donors (Lipinski definition) is 1. The quantitative estimate of drug-likeness (QED) is 0.838. The van der Waals surface area contributed by atoms with Gasteiger partial charge in [-0.15, -0.1) is 0 Å². The van der Waals surface area contributed by atoms with Gasteiger partial charge in [-0.2, -0.15) is 4.68 Å². The van der Waals surface area contributed by atoms with Gasteiger partial charge in [-0.25, -0.2) is 0 Å². The Hall–Kier alpha value is -1.95. The van der Waals surface area contributed by atoms with Gasteiger partial charge in [0, 0.05) is 13.2 Å². The zero-order chi connectivity index (χ0) is 12.1. The van der Waals surface area contributed by atoms with Gasteiger partial charge >= 0.3 is 0 Å². The first kappa shape index (κ1) is 11.5. The monoisotopic (exact) mass is 233 g/mol. The summed E-state index contributed by atoms with van der Waals surface area (Å²) < 4.78 is 6.72. The fourth-order valence-corrected chi connectivity index (χ4v) is 1.53. The Bertz CT molecular complexity index is 456. The molecule has 0 aliphatic carbocycles. The maximum Gasteiger partial charge on any atom is 0.248 e. The van der Waals surface area contributed by atoms with Crippen LogP contribution in [0.3, 0.4) is 0 Å². The van der Waals surface area contributed by atoms with E-state index in [1.807, 2.05) is 37.3 Å². The summed E-state index contributed by atoms with van der Waals surface area (Å²) in [5.41, 5.74) is 0.921. The molecule has 0 saturated heterocycles. The van der Waals surface area contributed by atoms with Crippen LogP contribution in [-0.4, -0.2) is 40.0 Å². The van der Waals surface area contributed by atoms with Crippen LogP contribution >= 0.6 is 0 Å². The molecule has 1 aromatic heterocycles. The molecule has 0 fully saturated rings. The number of para-hydroxylation sites is 1. The van der Waals surface area contributed by atoms with Gasteiger partial charge in [0.05, 0.1) is 12.3 Å². The van der Waals surface area contributed by atoms with Crippen molar-refractivity contribution in [3.05, 3.63) is 30.3 Å². The lowest BCUT2D eigenvalue weighted by Gasteiger charge is -2.13. The van der Waals surface area contributed by atoms with Crippen molar-refractivity contribution < 1.29 is 4.74 Å². The van der Waals surface area contributed by atoms with E-state index in [1.165, 1.54) is 0 Å². The van der Waals surface area contributed by atoms with E-state index in [0.717, 1.165) is 5.69 Å². The van der Waals surface area contributed by atoms with Crippen molar-refractivity contribution in [3.8, 4) is 5.69 Å². The highest BCUT2D eigenvalue weighted by Gasteiger charge is 2.10. The van der Waals surface area contributed by atoms with E-state index in [9.17, 15) is 0 Å². The average molecular weight is 233 g/mol. The summed E-state index contributed by atoms with van der Waals surface area (Å²) in [5, 5.41) is 14.8. The summed E-state index contributed by atoms with van der Waals surface area (Å²) in [5.74, 6) is 0.612. The van der Waals surface area contributed by atoms with Gasteiger partial charge in [0.15, 0.2) is 0 Å². The molecule has 1 aromatic carbocycles. The predicted octanol–water partition coefficient (Wildman–Crippen LogP) is 1.11. The molecule has 90 valence electrons. The molecule has 6 heteroatoms. The van der Waals surface area contributed by atoms with Crippen LogP contribution in [0.15, 0.2) is 30.3 Å². The van der Waals surface area contributed by atoms with Crippen molar-refractivity contribution in [1.29, 1.82) is 0 Å². The summed E-state index contributed by atoms with van der Waals surface area (Å²) in [7, 11) is 1.67. The van der Waals surface area contributed by atoms with Crippen LogP contribution < -0.4 is 5.32 Å². The Labute approximate surface area is 99.6 Å². The third-order valence-corrected chi connectivity index (χ3v) is 2.26. The molecular weight excluding hydrogens is 218 g/mol. The van der Waals surface area contributed by atoms with Crippen molar-refractivity contribution in [3.63, 3.8) is 0 Å². The van der Waals surface area contributed by atoms with E-state index in [-0.39, 0.29) is 6.04 Å². The molecule has 1 heterocycles. The molecule has 1 atom stereocenters. The van der Waals surface area contributed by atoms with E-state index in [1.54, 1.807) is 11.8 Å². The largest absolute Gasteiger partial charge is 0.383 e. The zero-order valence-electron chi connectivity index (χ0n) is 9.87. The minimum Gasteiger partial charge on any atom is -0.383 e. The van der Waals surface area contributed by atoms with Crippen LogP contribution in [0, 0.1) is 0 Å². The molecule has 0 amide bonds. The Morgan fingerprint density at radius 2 is 2.12 bits per heavy atom. The first-order valence-electron chi connectivity index (χ1n) is 5.40. The van der Waals surface area contributed by atoms with Gasteiger partial charge in [-0.3, -0.25) is 0 Å². The number of nitrogens with zero attached hydrogens (tertiary/aromatic N) is 4. The van der Waals surface area contributed by atoms with E-state index in [0.29, 0.717) is 12.6 Å². The summed E-state index contributed by atoms with van der Waals surface area (Å²) >= 11 is 0. The van der Waals surface area contributed by atoms with E-state index < -0.39 is 0 Å². The average Bonchev–Trinajstić information content (AvgIpc) is 2.78. The van der Waals surface area contributed by atoms with Gasteiger partial charge in [-0.05, 0) is 29.5 Å². The highest BCUT2D eigenvalue weighted by Crippen LogP contribution is 2.11. The third-order valence-electron chi connectivity index (χ3n) is 2.26. The molecule has 0 radical (unpaired) electrons. The number of tetrazole rings is 1. The maximum absolute atomic E-state index is 5.06. The van der Waals surface area contributed by atoms with Crippen molar-refractivity contribution >= 4 is 5.95 Å². The fourth-order valence-electron chi connectivity index (χ4n) is 1.53. The summed E-state index contributed by atoms with van der Waals surface area (Å²) in [6.07, 6.45) is 0. The van der Waals surface area contributed by atoms with Gasteiger partial charge in [-0.1, -0.05) is 23.3 Å². The number of aromatic nitrogens is 4. The first-order valence-corrected chi connectivity index (χ1v) is 5.40. The Balaban J connectivity index is 2.18. The highest BCUT2D eigenvalue weighted by atomic mass is 16.5. The second kappa shape index (κ2) is 5.40. The summed E-state index contributed by atoms with van der Waals surface area (Å²) in [6, 6.07) is 9.88. The molecule has 2 rings (SSSR count).